The Morgan fingerprint density at radius 3 is 1.75 bits per heavy atom. The number of aliphatic carboxylic acids is 1. The van der Waals surface area contributed by atoms with E-state index < -0.39 is 26.4 Å². The summed E-state index contributed by atoms with van der Waals surface area (Å²) in [6.45, 7) is 6.32. The number of carbonyl (C=O) groups is 2. The Labute approximate surface area is 167 Å². The molecule has 0 aliphatic rings. The topological polar surface area (TPSA) is 72.8 Å². The van der Waals surface area contributed by atoms with Crippen molar-refractivity contribution in [2.24, 2.45) is 0 Å². The number of hydrogen-bond donors (Lipinski definition) is 1. The first-order valence-electron chi connectivity index (χ1n) is 9.28. The minimum atomic E-state index is -2.93. The summed E-state index contributed by atoms with van der Waals surface area (Å²) in [5, 5.41) is 11.2. The Morgan fingerprint density at radius 1 is 0.929 bits per heavy atom. The van der Waals surface area contributed by atoms with Crippen molar-refractivity contribution in [2.75, 3.05) is 7.11 Å². The van der Waals surface area contributed by atoms with E-state index in [4.69, 9.17) is 9.16 Å². The molecule has 0 amide bonds. The first kappa shape index (κ1) is 21.9. The fourth-order valence-corrected chi connectivity index (χ4v) is 8.24. The van der Waals surface area contributed by atoms with E-state index >= 15 is 0 Å². The number of hydrogen-bond acceptors (Lipinski definition) is 4. The monoisotopic (exact) mass is 400 g/mol. The van der Waals surface area contributed by atoms with Crippen LogP contribution in [0.3, 0.4) is 0 Å². The van der Waals surface area contributed by atoms with Crippen LogP contribution in [0.5, 0.6) is 0 Å². The number of ether oxygens (including phenoxy) is 1. The zero-order valence-corrected chi connectivity index (χ0v) is 17.8. The lowest BCUT2D eigenvalue weighted by atomic mass is 10.2. The summed E-state index contributed by atoms with van der Waals surface area (Å²) >= 11 is 0. The highest BCUT2D eigenvalue weighted by molar-refractivity contribution is 6.99. The smallest absolute Gasteiger partial charge is 0.308 e. The highest BCUT2D eigenvalue weighted by atomic mass is 28.4. The number of rotatable bonds is 8. The molecule has 1 atom stereocenters. The molecule has 5 nitrogen and oxygen atoms in total. The zero-order chi connectivity index (χ0) is 20.8. The van der Waals surface area contributed by atoms with Crippen LogP contribution in [0.1, 0.15) is 33.6 Å². The number of esters is 1. The summed E-state index contributed by atoms with van der Waals surface area (Å²) in [7, 11) is -1.64. The van der Waals surface area contributed by atoms with Crippen molar-refractivity contribution in [3.05, 3.63) is 60.7 Å². The van der Waals surface area contributed by atoms with E-state index in [1.165, 1.54) is 7.11 Å². The lowest BCUT2D eigenvalue weighted by molar-refractivity contribution is -0.144. The predicted octanol–water partition coefficient (Wildman–Crippen LogP) is 2.97. The Hall–Kier alpha value is -2.44. The molecule has 2 aromatic carbocycles. The molecule has 0 fully saturated rings. The van der Waals surface area contributed by atoms with Crippen molar-refractivity contribution >= 4 is 30.6 Å². The van der Waals surface area contributed by atoms with Gasteiger partial charge in [-0.25, -0.2) is 0 Å². The molecule has 0 unspecified atom stereocenters. The third-order valence-electron chi connectivity index (χ3n) is 4.78. The van der Waals surface area contributed by atoms with Crippen LogP contribution < -0.4 is 10.4 Å². The largest absolute Gasteiger partial charge is 0.481 e. The van der Waals surface area contributed by atoms with Crippen LogP contribution in [-0.2, 0) is 18.8 Å². The standard InChI is InChI=1S/C22H28O5Si/c1-22(2,3)28(18-11-7-5-8-12-18,19-13-9-6-10-14-19)27-17(15-20(23)24)16-21(25)26-4/h5-14,17H,15-16H2,1-4H3,(H,23,24)/t17-/m1/s1. The highest BCUT2D eigenvalue weighted by Gasteiger charge is 2.51. The molecule has 0 aromatic heterocycles. The molecule has 2 rings (SSSR count). The number of carbonyl (C=O) groups excluding carboxylic acids is 1. The van der Waals surface area contributed by atoms with E-state index in [9.17, 15) is 14.7 Å². The molecule has 6 heteroatoms. The molecule has 0 spiro atoms. The van der Waals surface area contributed by atoms with Gasteiger partial charge in [0.1, 0.15) is 0 Å². The highest BCUT2D eigenvalue weighted by Crippen LogP contribution is 2.38. The molecule has 28 heavy (non-hydrogen) atoms. The second-order valence-electron chi connectivity index (χ2n) is 7.78. The average Bonchev–Trinajstić information content (AvgIpc) is 2.65. The van der Waals surface area contributed by atoms with Crippen LogP contribution in [0.4, 0.5) is 0 Å². The van der Waals surface area contributed by atoms with Crippen molar-refractivity contribution in [2.45, 2.75) is 44.8 Å². The average molecular weight is 401 g/mol. The number of benzene rings is 2. The van der Waals surface area contributed by atoms with Gasteiger partial charge in [0.15, 0.2) is 0 Å². The molecule has 0 saturated heterocycles. The van der Waals surface area contributed by atoms with Gasteiger partial charge in [0.05, 0.1) is 26.1 Å². The Morgan fingerprint density at radius 2 is 1.39 bits per heavy atom. The number of methoxy groups -OCH3 is 1. The lowest BCUT2D eigenvalue weighted by Crippen LogP contribution is -2.67. The van der Waals surface area contributed by atoms with E-state index in [0.717, 1.165) is 10.4 Å². The molecular weight excluding hydrogens is 372 g/mol. The van der Waals surface area contributed by atoms with Gasteiger partial charge in [-0.2, -0.15) is 0 Å². The SMILES string of the molecule is COC(=O)C[C@@H](CC(=O)O)O[Si](c1ccccc1)(c1ccccc1)C(C)(C)C. The Bertz CT molecular complexity index is 744. The van der Waals surface area contributed by atoms with Crippen molar-refractivity contribution < 1.29 is 23.9 Å². The summed E-state index contributed by atoms with van der Waals surface area (Å²) < 4.78 is 11.5. The number of carboxylic acid groups (broad SMARTS) is 1. The van der Waals surface area contributed by atoms with E-state index in [0.29, 0.717) is 0 Å². The third kappa shape index (κ3) is 4.88. The minimum Gasteiger partial charge on any atom is -0.481 e. The minimum absolute atomic E-state index is 0.104. The number of carboxylic acids is 1. The molecule has 1 N–H and O–H groups in total. The molecule has 0 heterocycles. The van der Waals surface area contributed by atoms with E-state index in [1.54, 1.807) is 0 Å². The first-order chi connectivity index (χ1) is 13.2. The zero-order valence-electron chi connectivity index (χ0n) is 16.8. The molecule has 0 saturated carbocycles. The molecule has 150 valence electrons. The van der Waals surface area contributed by atoms with E-state index in [2.05, 4.69) is 20.8 Å². The molecular formula is C22H28O5Si. The van der Waals surface area contributed by atoms with Crippen molar-refractivity contribution in [1.29, 1.82) is 0 Å². The van der Waals surface area contributed by atoms with Gasteiger partial charge >= 0.3 is 11.9 Å². The summed E-state index contributed by atoms with van der Waals surface area (Å²) in [4.78, 5) is 23.4. The normalized spacial score (nSPS) is 13.0. The van der Waals surface area contributed by atoms with Gasteiger partial charge in [-0.3, -0.25) is 9.59 Å². The first-order valence-corrected chi connectivity index (χ1v) is 11.2. The van der Waals surface area contributed by atoms with Crippen LogP contribution in [0.25, 0.3) is 0 Å². The van der Waals surface area contributed by atoms with Crippen molar-refractivity contribution in [3.8, 4) is 0 Å². The maximum Gasteiger partial charge on any atom is 0.308 e. The molecule has 0 aliphatic carbocycles. The molecule has 0 aliphatic heterocycles. The van der Waals surface area contributed by atoms with Crippen molar-refractivity contribution in [3.63, 3.8) is 0 Å². The fourth-order valence-electron chi connectivity index (χ4n) is 3.56. The van der Waals surface area contributed by atoms with Gasteiger partial charge in [0.25, 0.3) is 8.32 Å². The quantitative estimate of drug-likeness (QED) is 0.545. The lowest BCUT2D eigenvalue weighted by Gasteiger charge is -2.45. The summed E-state index contributed by atoms with van der Waals surface area (Å²) in [6, 6.07) is 19.8. The summed E-state index contributed by atoms with van der Waals surface area (Å²) in [5.74, 6) is -1.49. The second-order valence-corrected chi connectivity index (χ2v) is 12.0. The van der Waals surface area contributed by atoms with Crippen LogP contribution in [-0.4, -0.2) is 38.6 Å². The molecule has 2 aromatic rings. The third-order valence-corrected chi connectivity index (χ3v) is 9.88. The van der Waals surface area contributed by atoms with Crippen LogP contribution in [0.15, 0.2) is 60.7 Å². The Balaban J connectivity index is 2.65. The van der Waals surface area contributed by atoms with Gasteiger partial charge in [-0.15, -0.1) is 0 Å². The van der Waals surface area contributed by atoms with Crippen LogP contribution in [0, 0.1) is 0 Å². The Kier molecular flexibility index (Phi) is 7.15. The van der Waals surface area contributed by atoms with Crippen LogP contribution >= 0.6 is 0 Å². The van der Waals surface area contributed by atoms with Crippen molar-refractivity contribution in [1.82, 2.24) is 0 Å². The molecule has 0 bridgehead atoms. The predicted molar refractivity (Wildman–Crippen MR) is 111 cm³/mol. The second kappa shape index (κ2) is 9.17. The maximum absolute atomic E-state index is 11.9. The maximum atomic E-state index is 11.9. The fraction of sp³-hybridized carbons (Fsp3) is 0.364. The van der Waals surface area contributed by atoms with E-state index in [-0.39, 0.29) is 17.9 Å². The van der Waals surface area contributed by atoms with Gasteiger partial charge < -0.3 is 14.3 Å². The van der Waals surface area contributed by atoms with Crippen LogP contribution in [0.2, 0.25) is 5.04 Å². The summed E-state index contributed by atoms with van der Waals surface area (Å²) in [5.41, 5.74) is 0. The summed E-state index contributed by atoms with van der Waals surface area (Å²) in [6.07, 6.45) is -1.15. The van der Waals surface area contributed by atoms with Gasteiger partial charge in [-0.1, -0.05) is 81.4 Å². The van der Waals surface area contributed by atoms with Gasteiger partial charge in [0, 0.05) is 0 Å². The molecule has 0 radical (unpaired) electrons. The van der Waals surface area contributed by atoms with E-state index in [1.807, 2.05) is 60.7 Å². The van der Waals surface area contributed by atoms with Gasteiger partial charge in [0.2, 0.25) is 0 Å². The van der Waals surface area contributed by atoms with Gasteiger partial charge in [-0.05, 0) is 15.4 Å².